The third kappa shape index (κ3) is 4.89. The van der Waals surface area contributed by atoms with E-state index in [0.717, 1.165) is 4.48 Å². The van der Waals surface area contributed by atoms with E-state index in [1.807, 2.05) is 19.1 Å². The summed E-state index contributed by atoms with van der Waals surface area (Å²) in [5, 5.41) is 0. The van der Waals surface area contributed by atoms with Crippen molar-refractivity contribution >= 4 is 27.7 Å². The average molecular weight is 219 g/mol. The van der Waals surface area contributed by atoms with Gasteiger partial charge in [0, 0.05) is 9.39 Å². The SMILES string of the molecule is C=C(Br)/C=C\C(=C/C)SC. The molecular weight excluding hydrogens is 208 g/mol. The molecule has 0 unspecified atom stereocenters. The zero-order valence-electron chi connectivity index (χ0n) is 6.23. The first-order valence-corrected chi connectivity index (χ1v) is 4.95. The van der Waals surface area contributed by atoms with Gasteiger partial charge >= 0.3 is 0 Å². The molecule has 0 bridgehead atoms. The standard InChI is InChI=1S/C8H11BrS/c1-4-8(10-3)6-5-7(2)9/h4-6H,2H2,1,3H3/b6-5-,8-4+. The van der Waals surface area contributed by atoms with Gasteiger partial charge in [0.15, 0.2) is 0 Å². The van der Waals surface area contributed by atoms with Gasteiger partial charge in [-0.3, -0.25) is 0 Å². The van der Waals surface area contributed by atoms with Crippen LogP contribution in [0.5, 0.6) is 0 Å². The maximum atomic E-state index is 3.69. The molecule has 56 valence electrons. The van der Waals surface area contributed by atoms with E-state index in [1.165, 1.54) is 4.91 Å². The molecule has 0 saturated heterocycles. The van der Waals surface area contributed by atoms with Gasteiger partial charge in [-0.05, 0) is 25.3 Å². The maximum absolute atomic E-state index is 3.69. The van der Waals surface area contributed by atoms with Crippen molar-refractivity contribution in [2.45, 2.75) is 6.92 Å². The van der Waals surface area contributed by atoms with Gasteiger partial charge < -0.3 is 0 Å². The summed E-state index contributed by atoms with van der Waals surface area (Å²) < 4.78 is 0.904. The first kappa shape index (κ1) is 10.0. The Morgan fingerprint density at radius 3 is 2.40 bits per heavy atom. The summed E-state index contributed by atoms with van der Waals surface area (Å²) in [6.07, 6.45) is 8.08. The predicted molar refractivity (Wildman–Crippen MR) is 54.5 cm³/mol. The van der Waals surface area contributed by atoms with Crippen molar-refractivity contribution in [1.82, 2.24) is 0 Å². The summed E-state index contributed by atoms with van der Waals surface area (Å²) in [6, 6.07) is 0. The zero-order valence-corrected chi connectivity index (χ0v) is 8.63. The van der Waals surface area contributed by atoms with E-state index < -0.39 is 0 Å². The number of rotatable bonds is 3. The van der Waals surface area contributed by atoms with Crippen molar-refractivity contribution in [3.63, 3.8) is 0 Å². The van der Waals surface area contributed by atoms with Crippen molar-refractivity contribution in [1.29, 1.82) is 0 Å². The molecule has 0 spiro atoms. The molecule has 0 aliphatic heterocycles. The Morgan fingerprint density at radius 2 is 2.10 bits per heavy atom. The van der Waals surface area contributed by atoms with Crippen LogP contribution in [0.25, 0.3) is 0 Å². The molecule has 0 aromatic carbocycles. The van der Waals surface area contributed by atoms with Crippen LogP contribution in [0, 0.1) is 0 Å². The van der Waals surface area contributed by atoms with Crippen LogP contribution in [0.2, 0.25) is 0 Å². The number of thioether (sulfide) groups is 1. The number of hydrogen-bond acceptors (Lipinski definition) is 1. The van der Waals surface area contributed by atoms with E-state index in [4.69, 9.17) is 0 Å². The van der Waals surface area contributed by atoms with Crippen LogP contribution >= 0.6 is 27.7 Å². The van der Waals surface area contributed by atoms with Gasteiger partial charge in [0.1, 0.15) is 0 Å². The summed E-state index contributed by atoms with van der Waals surface area (Å²) in [4.78, 5) is 1.25. The Bertz CT molecular complexity index is 168. The Hall–Kier alpha value is 0.0500. The smallest absolute Gasteiger partial charge is 0.0103 e. The Balaban J connectivity index is 3.98. The van der Waals surface area contributed by atoms with E-state index in [-0.39, 0.29) is 0 Å². The molecular formula is C8H11BrS. The molecule has 0 nitrogen and oxygen atoms in total. The molecule has 10 heavy (non-hydrogen) atoms. The van der Waals surface area contributed by atoms with Crippen molar-refractivity contribution < 1.29 is 0 Å². The van der Waals surface area contributed by atoms with Crippen molar-refractivity contribution in [3.05, 3.63) is 34.2 Å². The molecule has 0 aliphatic rings. The summed E-state index contributed by atoms with van der Waals surface area (Å²) in [5.41, 5.74) is 0. The van der Waals surface area contributed by atoms with Gasteiger partial charge in [0.25, 0.3) is 0 Å². The van der Waals surface area contributed by atoms with E-state index in [2.05, 4.69) is 34.8 Å². The molecule has 0 saturated carbocycles. The van der Waals surface area contributed by atoms with Crippen LogP contribution in [0.1, 0.15) is 6.92 Å². The Morgan fingerprint density at radius 1 is 1.50 bits per heavy atom. The van der Waals surface area contributed by atoms with Crippen LogP contribution in [0.4, 0.5) is 0 Å². The van der Waals surface area contributed by atoms with E-state index in [9.17, 15) is 0 Å². The fraction of sp³-hybridized carbons (Fsp3) is 0.250. The lowest BCUT2D eigenvalue weighted by molar-refractivity contribution is 1.70. The zero-order chi connectivity index (χ0) is 7.98. The predicted octanol–water partition coefficient (Wildman–Crippen LogP) is 3.72. The summed E-state index contributed by atoms with van der Waals surface area (Å²) in [7, 11) is 0. The minimum Gasteiger partial charge on any atom is -0.130 e. The van der Waals surface area contributed by atoms with Crippen LogP contribution in [0.15, 0.2) is 34.2 Å². The Labute approximate surface area is 75.2 Å². The number of hydrogen-bond donors (Lipinski definition) is 0. The molecule has 0 aromatic rings. The summed E-state index contributed by atoms with van der Waals surface area (Å²) >= 11 is 4.97. The second kappa shape index (κ2) is 5.81. The highest BCUT2D eigenvalue weighted by Gasteiger charge is 1.83. The second-order valence-electron chi connectivity index (χ2n) is 1.68. The van der Waals surface area contributed by atoms with Crippen LogP contribution < -0.4 is 0 Å². The first-order chi connectivity index (χ1) is 4.70. The van der Waals surface area contributed by atoms with Crippen LogP contribution in [-0.2, 0) is 0 Å². The van der Waals surface area contributed by atoms with E-state index in [0.29, 0.717) is 0 Å². The third-order valence-corrected chi connectivity index (χ3v) is 2.06. The Kier molecular flexibility index (Phi) is 5.84. The number of halogens is 1. The molecule has 2 heteroatoms. The lowest BCUT2D eigenvalue weighted by Crippen LogP contribution is -1.65. The maximum Gasteiger partial charge on any atom is 0.0103 e. The molecule has 0 atom stereocenters. The lowest BCUT2D eigenvalue weighted by Gasteiger charge is -1.91. The summed E-state index contributed by atoms with van der Waals surface area (Å²) in [6.45, 7) is 5.71. The molecule has 0 aromatic heterocycles. The molecule has 0 rings (SSSR count). The molecule has 0 amide bonds. The topological polar surface area (TPSA) is 0 Å². The fourth-order valence-corrected chi connectivity index (χ4v) is 1.03. The quantitative estimate of drug-likeness (QED) is 0.652. The molecule has 0 aliphatic carbocycles. The third-order valence-electron chi connectivity index (χ3n) is 0.949. The van der Waals surface area contributed by atoms with Gasteiger partial charge in [-0.25, -0.2) is 0 Å². The number of allylic oxidation sites excluding steroid dienone is 4. The van der Waals surface area contributed by atoms with Gasteiger partial charge in [-0.2, -0.15) is 0 Å². The van der Waals surface area contributed by atoms with Crippen molar-refractivity contribution in [2.75, 3.05) is 6.26 Å². The van der Waals surface area contributed by atoms with Crippen molar-refractivity contribution in [3.8, 4) is 0 Å². The first-order valence-electron chi connectivity index (χ1n) is 2.93. The van der Waals surface area contributed by atoms with Crippen LogP contribution in [0.3, 0.4) is 0 Å². The minimum atomic E-state index is 0.904. The molecule has 0 N–H and O–H groups in total. The van der Waals surface area contributed by atoms with Gasteiger partial charge in [0.05, 0.1) is 0 Å². The largest absolute Gasteiger partial charge is 0.130 e. The van der Waals surface area contributed by atoms with Gasteiger partial charge in [0.2, 0.25) is 0 Å². The van der Waals surface area contributed by atoms with Gasteiger partial charge in [-0.15, -0.1) is 11.8 Å². The fourth-order valence-electron chi connectivity index (χ4n) is 0.455. The highest BCUT2D eigenvalue weighted by molar-refractivity contribution is 9.11. The highest BCUT2D eigenvalue weighted by Crippen LogP contribution is 2.14. The minimum absolute atomic E-state index is 0.904. The normalized spacial score (nSPS) is 12.5. The monoisotopic (exact) mass is 218 g/mol. The molecule has 0 radical (unpaired) electrons. The van der Waals surface area contributed by atoms with Crippen molar-refractivity contribution in [2.24, 2.45) is 0 Å². The van der Waals surface area contributed by atoms with E-state index >= 15 is 0 Å². The van der Waals surface area contributed by atoms with E-state index in [1.54, 1.807) is 11.8 Å². The average Bonchev–Trinajstić information content (AvgIpc) is 1.90. The van der Waals surface area contributed by atoms with Gasteiger partial charge in [-0.1, -0.05) is 28.6 Å². The summed E-state index contributed by atoms with van der Waals surface area (Å²) in [5.74, 6) is 0. The molecule has 0 fully saturated rings. The second-order valence-corrected chi connectivity index (χ2v) is 3.57. The molecule has 0 heterocycles. The lowest BCUT2D eigenvalue weighted by atomic mass is 10.4. The van der Waals surface area contributed by atoms with Crippen LogP contribution in [-0.4, -0.2) is 6.26 Å². The highest BCUT2D eigenvalue weighted by atomic mass is 79.9.